The van der Waals surface area contributed by atoms with Crippen LogP contribution >= 0.6 is 0 Å². The summed E-state index contributed by atoms with van der Waals surface area (Å²) in [6, 6.07) is 25.8. The number of hydrogen-bond donors (Lipinski definition) is 0. The second kappa shape index (κ2) is 5.43. The molecule has 126 valence electrons. The molecular formula is C24H20N2. The first-order valence-corrected chi connectivity index (χ1v) is 9.00. The van der Waals surface area contributed by atoms with Crippen LogP contribution in [0.4, 0.5) is 0 Å². The van der Waals surface area contributed by atoms with E-state index in [1.807, 2.05) is 12.3 Å². The number of imidazole rings is 1. The first-order chi connectivity index (χ1) is 12.7. The Labute approximate surface area is 153 Å². The van der Waals surface area contributed by atoms with Gasteiger partial charge in [-0.05, 0) is 22.8 Å². The van der Waals surface area contributed by atoms with Crippen LogP contribution in [-0.4, -0.2) is 9.55 Å². The molecule has 5 rings (SSSR count). The van der Waals surface area contributed by atoms with Crippen LogP contribution in [0.25, 0.3) is 28.2 Å². The minimum absolute atomic E-state index is 0.00935. The van der Waals surface area contributed by atoms with Gasteiger partial charge in [0.2, 0.25) is 0 Å². The topological polar surface area (TPSA) is 17.8 Å². The van der Waals surface area contributed by atoms with Crippen molar-refractivity contribution in [2.24, 2.45) is 0 Å². The Morgan fingerprint density at radius 1 is 0.769 bits per heavy atom. The number of aromatic nitrogens is 2. The maximum atomic E-state index is 4.64. The van der Waals surface area contributed by atoms with Gasteiger partial charge in [-0.3, -0.25) is 4.57 Å². The Bertz CT molecular complexity index is 1100. The molecule has 3 aromatic carbocycles. The molecule has 0 aliphatic heterocycles. The molecule has 1 aliphatic rings. The third-order valence-corrected chi connectivity index (χ3v) is 5.52. The third-order valence-electron chi connectivity index (χ3n) is 5.52. The van der Waals surface area contributed by atoms with Gasteiger partial charge in [-0.1, -0.05) is 80.6 Å². The van der Waals surface area contributed by atoms with E-state index < -0.39 is 0 Å². The number of nitrogens with zero attached hydrogens (tertiary/aromatic N) is 2. The minimum atomic E-state index is 0.00935. The fourth-order valence-electron chi connectivity index (χ4n) is 4.23. The molecule has 0 bridgehead atoms. The van der Waals surface area contributed by atoms with E-state index in [1.54, 1.807) is 0 Å². The van der Waals surface area contributed by atoms with Crippen molar-refractivity contribution in [3.8, 4) is 28.2 Å². The predicted molar refractivity (Wildman–Crippen MR) is 107 cm³/mol. The molecule has 1 heterocycles. The second-order valence-electron chi connectivity index (χ2n) is 7.36. The quantitative estimate of drug-likeness (QED) is 0.449. The van der Waals surface area contributed by atoms with Gasteiger partial charge < -0.3 is 0 Å². The van der Waals surface area contributed by atoms with E-state index in [-0.39, 0.29) is 5.41 Å². The normalized spacial score (nSPS) is 14.1. The number of fused-ring (bicyclic) bond motifs is 3. The Hall–Kier alpha value is -3.13. The molecule has 2 nitrogen and oxygen atoms in total. The predicted octanol–water partition coefficient (Wildman–Crippen LogP) is 5.85. The van der Waals surface area contributed by atoms with E-state index in [0.717, 1.165) is 11.4 Å². The van der Waals surface area contributed by atoms with E-state index in [2.05, 4.69) is 96.3 Å². The van der Waals surface area contributed by atoms with Gasteiger partial charge in [0.1, 0.15) is 5.82 Å². The first-order valence-electron chi connectivity index (χ1n) is 9.00. The van der Waals surface area contributed by atoms with Gasteiger partial charge in [-0.15, -0.1) is 0 Å². The number of rotatable bonds is 2. The molecule has 1 aliphatic carbocycles. The Kier molecular flexibility index (Phi) is 3.17. The number of hydrogen-bond acceptors (Lipinski definition) is 1. The molecule has 0 radical (unpaired) electrons. The summed E-state index contributed by atoms with van der Waals surface area (Å²) in [5.41, 5.74) is 7.75. The highest BCUT2D eigenvalue weighted by Crippen LogP contribution is 2.50. The summed E-state index contributed by atoms with van der Waals surface area (Å²) in [5, 5.41) is 0. The molecule has 1 aromatic heterocycles. The fourth-order valence-corrected chi connectivity index (χ4v) is 4.23. The molecule has 0 amide bonds. The molecule has 0 spiro atoms. The van der Waals surface area contributed by atoms with Crippen LogP contribution in [0, 0.1) is 0 Å². The van der Waals surface area contributed by atoms with Gasteiger partial charge in [0, 0.05) is 28.9 Å². The monoisotopic (exact) mass is 336 g/mol. The maximum Gasteiger partial charge on any atom is 0.144 e. The van der Waals surface area contributed by atoms with Crippen molar-refractivity contribution in [1.29, 1.82) is 0 Å². The van der Waals surface area contributed by atoms with Crippen LogP contribution in [0.15, 0.2) is 85.2 Å². The van der Waals surface area contributed by atoms with Crippen LogP contribution in [0.3, 0.4) is 0 Å². The largest absolute Gasteiger partial charge is 0.299 e. The molecule has 0 saturated heterocycles. The van der Waals surface area contributed by atoms with E-state index >= 15 is 0 Å². The molecule has 0 fully saturated rings. The highest BCUT2D eigenvalue weighted by atomic mass is 15.1. The molecule has 0 saturated carbocycles. The lowest BCUT2D eigenvalue weighted by Gasteiger charge is -2.21. The van der Waals surface area contributed by atoms with Crippen LogP contribution in [0.5, 0.6) is 0 Å². The van der Waals surface area contributed by atoms with Crippen molar-refractivity contribution >= 4 is 0 Å². The first kappa shape index (κ1) is 15.2. The van der Waals surface area contributed by atoms with Crippen molar-refractivity contribution in [2.75, 3.05) is 0 Å². The summed E-state index contributed by atoms with van der Waals surface area (Å²) >= 11 is 0. The smallest absolute Gasteiger partial charge is 0.144 e. The van der Waals surface area contributed by atoms with Crippen molar-refractivity contribution in [1.82, 2.24) is 9.55 Å². The highest BCUT2D eigenvalue weighted by molar-refractivity contribution is 5.87. The van der Waals surface area contributed by atoms with Crippen LogP contribution < -0.4 is 0 Å². The molecule has 0 unspecified atom stereocenters. The standard InChI is InChI=1S/C24H20N2/c1-24(2)19-12-7-6-11-18(19)22-20(24)13-8-14-21(22)26-16-15-25-23(26)17-9-4-3-5-10-17/h3-16H,1-2H3. The molecule has 2 heteroatoms. The van der Waals surface area contributed by atoms with Gasteiger partial charge in [0.25, 0.3) is 0 Å². The van der Waals surface area contributed by atoms with Crippen LogP contribution in [0.1, 0.15) is 25.0 Å². The van der Waals surface area contributed by atoms with Crippen molar-refractivity contribution < 1.29 is 0 Å². The SMILES string of the molecule is CC1(C)c2ccccc2-c2c(-n3ccnc3-c3ccccc3)cccc21. The molecule has 0 atom stereocenters. The molecule has 0 N–H and O–H groups in total. The average molecular weight is 336 g/mol. The summed E-state index contributed by atoms with van der Waals surface area (Å²) < 4.78 is 2.21. The molecule has 26 heavy (non-hydrogen) atoms. The average Bonchev–Trinajstić information content (AvgIpc) is 3.25. The lowest BCUT2D eigenvalue weighted by atomic mass is 9.82. The maximum absolute atomic E-state index is 4.64. The lowest BCUT2D eigenvalue weighted by Crippen LogP contribution is -2.15. The molecular weight excluding hydrogens is 316 g/mol. The number of benzene rings is 3. The summed E-state index contributed by atoms with van der Waals surface area (Å²) in [6.45, 7) is 4.63. The fraction of sp³-hybridized carbons (Fsp3) is 0.125. The van der Waals surface area contributed by atoms with E-state index in [0.29, 0.717) is 0 Å². The zero-order valence-electron chi connectivity index (χ0n) is 15.0. The van der Waals surface area contributed by atoms with E-state index in [9.17, 15) is 0 Å². The second-order valence-corrected chi connectivity index (χ2v) is 7.36. The summed E-state index contributed by atoms with van der Waals surface area (Å²) in [5.74, 6) is 0.973. The van der Waals surface area contributed by atoms with Crippen molar-refractivity contribution in [3.63, 3.8) is 0 Å². The molecule has 4 aromatic rings. The Balaban J connectivity index is 1.80. The highest BCUT2D eigenvalue weighted by Gasteiger charge is 2.36. The Morgan fingerprint density at radius 2 is 1.50 bits per heavy atom. The van der Waals surface area contributed by atoms with E-state index in [4.69, 9.17) is 0 Å². The summed E-state index contributed by atoms with van der Waals surface area (Å²) in [4.78, 5) is 4.64. The lowest BCUT2D eigenvalue weighted by molar-refractivity contribution is 0.660. The van der Waals surface area contributed by atoms with Gasteiger partial charge >= 0.3 is 0 Å². The Morgan fingerprint density at radius 3 is 2.35 bits per heavy atom. The van der Waals surface area contributed by atoms with E-state index in [1.165, 1.54) is 27.9 Å². The summed E-state index contributed by atoms with van der Waals surface area (Å²) in [6.07, 6.45) is 3.94. The van der Waals surface area contributed by atoms with Crippen LogP contribution in [-0.2, 0) is 5.41 Å². The zero-order chi connectivity index (χ0) is 17.7. The minimum Gasteiger partial charge on any atom is -0.299 e. The van der Waals surface area contributed by atoms with Gasteiger partial charge in [-0.2, -0.15) is 0 Å². The zero-order valence-corrected chi connectivity index (χ0v) is 15.0. The summed E-state index contributed by atoms with van der Waals surface area (Å²) in [7, 11) is 0. The van der Waals surface area contributed by atoms with Crippen molar-refractivity contribution in [3.05, 3.63) is 96.3 Å². The van der Waals surface area contributed by atoms with Gasteiger partial charge in [0.15, 0.2) is 0 Å². The third kappa shape index (κ3) is 2.02. The van der Waals surface area contributed by atoms with Crippen molar-refractivity contribution in [2.45, 2.75) is 19.3 Å². The van der Waals surface area contributed by atoms with Gasteiger partial charge in [-0.25, -0.2) is 4.98 Å². The van der Waals surface area contributed by atoms with Crippen LogP contribution in [0.2, 0.25) is 0 Å². The van der Waals surface area contributed by atoms with Gasteiger partial charge in [0.05, 0.1) is 5.69 Å².